The Morgan fingerprint density at radius 1 is 0.750 bits per heavy atom. The van der Waals surface area contributed by atoms with E-state index in [4.69, 9.17) is 0 Å². The molecule has 0 radical (unpaired) electrons. The molecule has 0 bridgehead atoms. The minimum absolute atomic E-state index is 0.00694. The van der Waals surface area contributed by atoms with E-state index < -0.39 is 0 Å². The van der Waals surface area contributed by atoms with E-state index in [1.54, 1.807) is 0 Å². The molecule has 6 aromatic rings. The Hall–Kier alpha value is -3.65. The summed E-state index contributed by atoms with van der Waals surface area (Å²) in [5.74, 6) is 0. The Bertz CT molecular complexity index is 1770. The summed E-state index contributed by atoms with van der Waals surface area (Å²) in [4.78, 5) is 0. The zero-order valence-corrected chi connectivity index (χ0v) is 18.9. The van der Waals surface area contributed by atoms with Crippen LogP contribution in [-0.4, -0.2) is 4.40 Å². The molecule has 2 heteroatoms. The van der Waals surface area contributed by atoms with Gasteiger partial charge in [-0.2, -0.15) is 4.40 Å². The lowest BCUT2D eigenvalue weighted by molar-refractivity contribution is -0.617. The molecule has 0 spiro atoms. The van der Waals surface area contributed by atoms with Gasteiger partial charge >= 0.3 is 0 Å². The first kappa shape index (κ1) is 18.0. The van der Waals surface area contributed by atoms with Crippen LogP contribution in [0.25, 0.3) is 49.5 Å². The third-order valence-corrected chi connectivity index (χ3v) is 7.72. The average Bonchev–Trinajstić information content (AvgIpc) is 3.23. The van der Waals surface area contributed by atoms with Crippen molar-refractivity contribution in [2.24, 2.45) is 7.05 Å². The molecule has 0 fully saturated rings. The van der Waals surface area contributed by atoms with E-state index >= 15 is 0 Å². The molecule has 32 heavy (non-hydrogen) atoms. The maximum absolute atomic E-state index is 2.46. The first-order chi connectivity index (χ1) is 15.5. The van der Waals surface area contributed by atoms with Crippen LogP contribution in [0.3, 0.4) is 0 Å². The van der Waals surface area contributed by atoms with E-state index in [0.717, 1.165) is 0 Å². The van der Waals surface area contributed by atoms with Gasteiger partial charge in [0.2, 0.25) is 0 Å². The van der Waals surface area contributed by atoms with Crippen molar-refractivity contribution in [1.29, 1.82) is 0 Å². The summed E-state index contributed by atoms with van der Waals surface area (Å²) in [7, 11) is 2.20. The van der Waals surface area contributed by atoms with Crippen molar-refractivity contribution in [3.8, 4) is 11.1 Å². The Kier molecular flexibility index (Phi) is 3.24. The number of fused-ring (bicyclic) bond motifs is 12. The maximum atomic E-state index is 2.46. The van der Waals surface area contributed by atoms with Crippen molar-refractivity contribution in [2.75, 3.05) is 0 Å². The van der Waals surface area contributed by atoms with Crippen LogP contribution in [0, 0.1) is 6.92 Å². The van der Waals surface area contributed by atoms with Gasteiger partial charge in [0.15, 0.2) is 11.0 Å². The van der Waals surface area contributed by atoms with Crippen LogP contribution in [0.1, 0.15) is 30.5 Å². The first-order valence-corrected chi connectivity index (χ1v) is 11.4. The molecule has 2 nitrogen and oxygen atoms in total. The number of hydrogen-bond acceptors (Lipinski definition) is 0. The van der Waals surface area contributed by atoms with E-state index in [1.807, 2.05) is 0 Å². The summed E-state index contributed by atoms with van der Waals surface area (Å²) >= 11 is 0. The molecule has 1 aliphatic rings. The number of imidazole rings is 1. The molecule has 0 unspecified atom stereocenters. The summed E-state index contributed by atoms with van der Waals surface area (Å²) in [5, 5.41) is 4.07. The SMILES string of the molecule is Cc1cc2c(c3c4ccccc4n4c5ccccc5[n+](C)c4c13)-c1ccccc1C2(C)C. The van der Waals surface area contributed by atoms with Crippen LogP contribution in [-0.2, 0) is 12.5 Å². The smallest absolute Gasteiger partial charge is 0.225 e. The molecule has 0 amide bonds. The number of aromatic nitrogens is 2. The van der Waals surface area contributed by atoms with Gasteiger partial charge < -0.3 is 0 Å². The molecule has 0 saturated heterocycles. The number of para-hydroxylation sites is 3. The third kappa shape index (κ3) is 1.94. The van der Waals surface area contributed by atoms with Crippen LogP contribution in [0.2, 0.25) is 0 Å². The Morgan fingerprint density at radius 2 is 1.44 bits per heavy atom. The maximum Gasteiger partial charge on any atom is 0.295 e. The molecule has 2 heterocycles. The fraction of sp³-hybridized carbons (Fsp3) is 0.167. The van der Waals surface area contributed by atoms with E-state index in [2.05, 4.69) is 116 Å². The summed E-state index contributed by atoms with van der Waals surface area (Å²) in [6.07, 6.45) is 0. The van der Waals surface area contributed by atoms with Crippen LogP contribution in [0.15, 0.2) is 78.9 Å². The molecule has 0 saturated carbocycles. The summed E-state index contributed by atoms with van der Waals surface area (Å²) < 4.78 is 4.83. The normalized spacial score (nSPS) is 14.5. The topological polar surface area (TPSA) is 8.29 Å². The molecule has 4 aromatic carbocycles. The van der Waals surface area contributed by atoms with E-state index in [9.17, 15) is 0 Å². The highest BCUT2D eigenvalue weighted by molar-refractivity contribution is 6.21. The highest BCUT2D eigenvalue weighted by atomic mass is 15.1. The van der Waals surface area contributed by atoms with Gasteiger partial charge in [0.1, 0.15) is 5.52 Å². The Balaban J connectivity index is 1.87. The van der Waals surface area contributed by atoms with Gasteiger partial charge in [0.05, 0.1) is 12.4 Å². The zero-order valence-electron chi connectivity index (χ0n) is 18.9. The largest absolute Gasteiger partial charge is 0.295 e. The van der Waals surface area contributed by atoms with Gasteiger partial charge in [0.25, 0.3) is 5.65 Å². The fourth-order valence-electron chi connectivity index (χ4n) is 6.26. The zero-order chi connectivity index (χ0) is 21.8. The standard InChI is InChI=1S/C30H25N2/c1-18-17-22-27(19-11-5-7-13-21(19)30(22,2)3)28-20-12-6-8-14-23(20)32-25-16-10-9-15-24(25)31(4)29(32)26(18)28/h5-17H,1-4H3/q+1. The van der Waals surface area contributed by atoms with E-state index in [0.29, 0.717) is 0 Å². The Morgan fingerprint density at radius 3 is 2.28 bits per heavy atom. The number of nitrogens with zero attached hydrogens (tertiary/aromatic N) is 2. The van der Waals surface area contributed by atoms with Crippen molar-refractivity contribution in [2.45, 2.75) is 26.2 Å². The molecule has 1 aliphatic carbocycles. The van der Waals surface area contributed by atoms with Crippen LogP contribution in [0.5, 0.6) is 0 Å². The number of rotatable bonds is 0. The lowest BCUT2D eigenvalue weighted by Gasteiger charge is -2.22. The van der Waals surface area contributed by atoms with Gasteiger partial charge in [-0.1, -0.05) is 74.5 Å². The number of pyridine rings is 1. The van der Waals surface area contributed by atoms with Gasteiger partial charge in [-0.15, -0.1) is 0 Å². The highest BCUT2D eigenvalue weighted by Crippen LogP contribution is 2.53. The van der Waals surface area contributed by atoms with Gasteiger partial charge in [0, 0.05) is 16.2 Å². The second kappa shape index (κ2) is 5.77. The first-order valence-electron chi connectivity index (χ1n) is 11.4. The monoisotopic (exact) mass is 413 g/mol. The summed E-state index contributed by atoms with van der Waals surface area (Å²) in [6, 6.07) is 29.1. The molecular formula is C30H25N2+. The van der Waals surface area contributed by atoms with Crippen LogP contribution in [0.4, 0.5) is 0 Å². The van der Waals surface area contributed by atoms with Crippen LogP contribution >= 0.6 is 0 Å². The minimum Gasteiger partial charge on any atom is -0.225 e. The average molecular weight is 414 g/mol. The van der Waals surface area contributed by atoms with E-state index in [-0.39, 0.29) is 5.41 Å². The van der Waals surface area contributed by atoms with Crippen molar-refractivity contribution in [3.05, 3.63) is 95.6 Å². The van der Waals surface area contributed by atoms with Crippen molar-refractivity contribution in [3.63, 3.8) is 0 Å². The van der Waals surface area contributed by atoms with Crippen LogP contribution < -0.4 is 4.57 Å². The highest BCUT2D eigenvalue weighted by Gasteiger charge is 2.38. The van der Waals surface area contributed by atoms with E-state index in [1.165, 1.54) is 66.2 Å². The fourth-order valence-corrected chi connectivity index (χ4v) is 6.26. The molecule has 154 valence electrons. The number of aryl methyl sites for hydroxylation is 2. The van der Waals surface area contributed by atoms with Gasteiger partial charge in [-0.05, 0) is 52.9 Å². The van der Waals surface area contributed by atoms with Gasteiger partial charge in [-0.3, -0.25) is 0 Å². The molecule has 0 N–H and O–H groups in total. The number of benzene rings is 4. The molecule has 0 atom stereocenters. The minimum atomic E-state index is -0.00694. The van der Waals surface area contributed by atoms with Crippen molar-refractivity contribution in [1.82, 2.24) is 4.40 Å². The molecule has 0 aliphatic heterocycles. The van der Waals surface area contributed by atoms with Crippen molar-refractivity contribution >= 4 is 38.4 Å². The second-order valence-electron chi connectivity index (χ2n) is 9.76. The lowest BCUT2D eigenvalue weighted by Crippen LogP contribution is -2.27. The number of hydrogen-bond donors (Lipinski definition) is 0. The predicted octanol–water partition coefficient (Wildman–Crippen LogP) is 6.84. The quantitative estimate of drug-likeness (QED) is 0.190. The lowest BCUT2D eigenvalue weighted by atomic mass is 9.81. The molecular weight excluding hydrogens is 388 g/mol. The second-order valence-corrected chi connectivity index (χ2v) is 9.76. The predicted molar refractivity (Wildman–Crippen MR) is 133 cm³/mol. The molecule has 2 aromatic heterocycles. The third-order valence-electron chi connectivity index (χ3n) is 7.72. The summed E-state index contributed by atoms with van der Waals surface area (Å²) in [6.45, 7) is 7.03. The van der Waals surface area contributed by atoms with Crippen molar-refractivity contribution < 1.29 is 4.57 Å². The summed E-state index contributed by atoms with van der Waals surface area (Å²) in [5.41, 5.74) is 12.0. The molecule has 7 rings (SSSR count). The Labute approximate surface area is 187 Å². The van der Waals surface area contributed by atoms with Gasteiger partial charge in [-0.25, -0.2) is 4.57 Å².